The second kappa shape index (κ2) is 10.6. The van der Waals surface area contributed by atoms with Gasteiger partial charge in [0.25, 0.3) is 0 Å². The minimum atomic E-state index is -1.02. The number of nitrogens with zero attached hydrogens (tertiary/aromatic N) is 2. The molecule has 0 radical (unpaired) electrons. The minimum Gasteiger partial charge on any atom is -0.481 e. The molecule has 1 fully saturated rings. The molecule has 2 aromatic rings. The average Bonchev–Trinajstić information content (AvgIpc) is 3.21. The molecule has 1 aromatic carbocycles. The van der Waals surface area contributed by atoms with E-state index in [0.29, 0.717) is 23.8 Å². The first-order valence-corrected chi connectivity index (χ1v) is 11.0. The molecule has 3 rings (SSSR count). The smallest absolute Gasteiger partial charge is 0.350 e. The van der Waals surface area contributed by atoms with Crippen LogP contribution in [0.5, 0.6) is 0 Å². The number of piperazine rings is 1. The van der Waals surface area contributed by atoms with E-state index < -0.39 is 23.8 Å². The number of ether oxygens (including phenoxy) is 1. The number of carboxylic acids is 1. The zero-order valence-electron chi connectivity index (χ0n) is 17.0. The predicted molar refractivity (Wildman–Crippen MR) is 120 cm³/mol. The Morgan fingerprint density at radius 3 is 2.61 bits per heavy atom. The van der Waals surface area contributed by atoms with Gasteiger partial charge in [-0.05, 0) is 29.6 Å². The number of hydrogen-bond donors (Lipinski definition) is 2. The van der Waals surface area contributed by atoms with Crippen molar-refractivity contribution in [2.45, 2.75) is 6.42 Å². The summed E-state index contributed by atoms with van der Waals surface area (Å²) in [6, 6.07) is 9.24. The summed E-state index contributed by atoms with van der Waals surface area (Å²) in [5.41, 5.74) is 1.37. The summed E-state index contributed by atoms with van der Waals surface area (Å²) < 4.78 is 4.69. The molecule has 1 aliphatic rings. The van der Waals surface area contributed by atoms with Crippen molar-refractivity contribution >= 4 is 52.2 Å². The molecule has 1 aliphatic heterocycles. The zero-order valence-corrected chi connectivity index (χ0v) is 18.6. The van der Waals surface area contributed by atoms with Crippen molar-refractivity contribution in [3.05, 3.63) is 45.6 Å². The topological polar surface area (TPSA) is 99.2 Å². The Hall–Kier alpha value is -2.62. The third kappa shape index (κ3) is 6.19. The largest absolute Gasteiger partial charge is 0.481 e. The number of amides is 1. The van der Waals surface area contributed by atoms with E-state index in [1.807, 2.05) is 24.3 Å². The molecule has 0 unspecified atom stereocenters. The van der Waals surface area contributed by atoms with Gasteiger partial charge in [-0.2, -0.15) is 0 Å². The normalized spacial score (nSPS) is 15.4. The standard InChI is InChI=1S/C21H24ClN3O5S/c1-30-21(29)19-17(5-10-31-19)23-18(26)11-14(20(27)28)13-24-6-8-25(9-7-24)16-4-2-3-15(22)12-16/h2-5,10,12,14H,6-9,11,13H2,1H3,(H,23,26)(H,27,28)/t14-/m1/s1. The maximum atomic E-state index is 12.4. The quantitative estimate of drug-likeness (QED) is 0.578. The number of aliphatic carboxylic acids is 1. The summed E-state index contributed by atoms with van der Waals surface area (Å²) in [6.07, 6.45) is -0.180. The van der Waals surface area contributed by atoms with Crippen LogP contribution in [-0.4, -0.2) is 67.7 Å². The summed E-state index contributed by atoms with van der Waals surface area (Å²) in [7, 11) is 1.26. The van der Waals surface area contributed by atoms with Crippen molar-refractivity contribution in [3.8, 4) is 0 Å². The Balaban J connectivity index is 1.53. The lowest BCUT2D eigenvalue weighted by atomic mass is 10.0. The summed E-state index contributed by atoms with van der Waals surface area (Å²) in [5.74, 6) is -2.87. The zero-order chi connectivity index (χ0) is 22.4. The van der Waals surface area contributed by atoms with Gasteiger partial charge < -0.3 is 20.1 Å². The van der Waals surface area contributed by atoms with Crippen LogP contribution in [0.2, 0.25) is 5.02 Å². The number of carboxylic acid groups (broad SMARTS) is 1. The Kier molecular flexibility index (Phi) is 7.89. The SMILES string of the molecule is COC(=O)c1sccc1NC(=O)C[C@H](CN1CCN(c2cccc(Cl)c2)CC1)C(=O)O. The van der Waals surface area contributed by atoms with Crippen molar-refractivity contribution in [2.24, 2.45) is 5.92 Å². The van der Waals surface area contributed by atoms with Crippen LogP contribution in [0.4, 0.5) is 11.4 Å². The number of esters is 1. The molecule has 1 saturated heterocycles. The van der Waals surface area contributed by atoms with Gasteiger partial charge >= 0.3 is 11.9 Å². The maximum absolute atomic E-state index is 12.4. The van der Waals surface area contributed by atoms with Gasteiger partial charge in [-0.3, -0.25) is 14.5 Å². The number of carbonyl (C=O) groups is 3. The van der Waals surface area contributed by atoms with E-state index >= 15 is 0 Å². The van der Waals surface area contributed by atoms with Crippen molar-refractivity contribution in [1.82, 2.24) is 4.90 Å². The lowest BCUT2D eigenvalue weighted by Crippen LogP contribution is -2.48. The van der Waals surface area contributed by atoms with Crippen molar-refractivity contribution in [2.75, 3.05) is 50.1 Å². The van der Waals surface area contributed by atoms with Gasteiger partial charge in [0.2, 0.25) is 5.91 Å². The molecule has 0 saturated carbocycles. The minimum absolute atomic E-state index is 0.180. The number of benzene rings is 1. The van der Waals surface area contributed by atoms with Gasteiger partial charge in [0.1, 0.15) is 4.88 Å². The van der Waals surface area contributed by atoms with Crippen molar-refractivity contribution in [3.63, 3.8) is 0 Å². The van der Waals surface area contributed by atoms with Gasteiger partial charge in [-0.25, -0.2) is 4.79 Å². The summed E-state index contributed by atoms with van der Waals surface area (Å²) in [5, 5.41) is 14.6. The highest BCUT2D eigenvalue weighted by atomic mass is 35.5. The van der Waals surface area contributed by atoms with Gasteiger partial charge in [-0.1, -0.05) is 17.7 Å². The first kappa shape index (κ1) is 23.1. The van der Waals surface area contributed by atoms with Crippen molar-refractivity contribution < 1.29 is 24.2 Å². The van der Waals surface area contributed by atoms with E-state index in [1.54, 1.807) is 11.4 Å². The number of carbonyl (C=O) groups excluding carboxylic acids is 2. The molecule has 1 amide bonds. The molecular weight excluding hydrogens is 442 g/mol. The fourth-order valence-electron chi connectivity index (χ4n) is 3.49. The summed E-state index contributed by atoms with van der Waals surface area (Å²) >= 11 is 7.22. The highest BCUT2D eigenvalue weighted by Crippen LogP contribution is 2.24. The molecule has 166 valence electrons. The number of thiophene rings is 1. The number of halogens is 1. The lowest BCUT2D eigenvalue weighted by Gasteiger charge is -2.37. The molecule has 8 nitrogen and oxygen atoms in total. The Labute approximate surface area is 189 Å². The fourth-order valence-corrected chi connectivity index (χ4v) is 4.44. The van der Waals surface area contributed by atoms with E-state index in [4.69, 9.17) is 16.3 Å². The van der Waals surface area contributed by atoms with Crippen LogP contribution in [0.3, 0.4) is 0 Å². The van der Waals surface area contributed by atoms with E-state index in [2.05, 4.69) is 15.1 Å². The third-order valence-corrected chi connectivity index (χ3v) is 6.24. The fraction of sp³-hybridized carbons (Fsp3) is 0.381. The Morgan fingerprint density at radius 2 is 1.97 bits per heavy atom. The summed E-state index contributed by atoms with van der Waals surface area (Å²) in [6.45, 7) is 3.15. The molecule has 0 bridgehead atoms. The van der Waals surface area contributed by atoms with Gasteiger partial charge in [0.15, 0.2) is 0 Å². The number of hydrogen-bond acceptors (Lipinski definition) is 7. The first-order valence-electron chi connectivity index (χ1n) is 9.78. The highest BCUT2D eigenvalue weighted by Gasteiger charge is 2.27. The molecule has 10 heteroatoms. The molecule has 0 aliphatic carbocycles. The van der Waals surface area contributed by atoms with E-state index in [9.17, 15) is 19.5 Å². The van der Waals surface area contributed by atoms with Crippen LogP contribution < -0.4 is 10.2 Å². The lowest BCUT2D eigenvalue weighted by molar-refractivity contribution is -0.144. The van der Waals surface area contributed by atoms with Crippen LogP contribution in [0.15, 0.2) is 35.7 Å². The molecule has 1 aromatic heterocycles. The van der Waals surface area contributed by atoms with Crippen LogP contribution in [0.1, 0.15) is 16.1 Å². The second-order valence-corrected chi connectivity index (χ2v) is 8.56. The molecule has 0 spiro atoms. The maximum Gasteiger partial charge on any atom is 0.350 e. The monoisotopic (exact) mass is 465 g/mol. The third-order valence-electron chi connectivity index (χ3n) is 5.12. The predicted octanol–water partition coefficient (Wildman–Crippen LogP) is 3.04. The number of nitrogens with one attached hydrogen (secondary N) is 1. The van der Waals surface area contributed by atoms with Crippen LogP contribution in [-0.2, 0) is 14.3 Å². The van der Waals surface area contributed by atoms with E-state index in [-0.39, 0.29) is 17.8 Å². The average molecular weight is 466 g/mol. The summed E-state index contributed by atoms with van der Waals surface area (Å²) in [4.78, 5) is 40.5. The van der Waals surface area contributed by atoms with Crippen molar-refractivity contribution in [1.29, 1.82) is 0 Å². The van der Waals surface area contributed by atoms with Gasteiger partial charge in [-0.15, -0.1) is 11.3 Å². The first-order chi connectivity index (χ1) is 14.9. The Bertz CT molecular complexity index is 943. The second-order valence-electron chi connectivity index (χ2n) is 7.21. The molecular formula is C21H24ClN3O5S. The highest BCUT2D eigenvalue weighted by molar-refractivity contribution is 7.12. The van der Waals surface area contributed by atoms with Crippen LogP contribution >= 0.6 is 22.9 Å². The molecule has 2 heterocycles. The molecule has 1 atom stereocenters. The van der Waals surface area contributed by atoms with Crippen LogP contribution in [0.25, 0.3) is 0 Å². The number of rotatable bonds is 8. The molecule has 2 N–H and O–H groups in total. The van der Waals surface area contributed by atoms with Gasteiger partial charge in [0.05, 0.1) is 18.7 Å². The Morgan fingerprint density at radius 1 is 1.23 bits per heavy atom. The number of methoxy groups -OCH3 is 1. The van der Waals surface area contributed by atoms with Gasteiger partial charge in [0, 0.05) is 49.9 Å². The number of anilines is 2. The van der Waals surface area contributed by atoms with Crippen LogP contribution in [0, 0.1) is 5.92 Å². The van der Waals surface area contributed by atoms with E-state index in [0.717, 1.165) is 30.1 Å². The van der Waals surface area contributed by atoms with E-state index in [1.165, 1.54) is 7.11 Å². The molecule has 31 heavy (non-hydrogen) atoms.